The third-order valence-corrected chi connectivity index (χ3v) is 2.03. The van der Waals surface area contributed by atoms with Gasteiger partial charge in [0.1, 0.15) is 0 Å². The molecule has 1 saturated heterocycles. The SMILES string of the molecule is C[C@@H](N)CN1CCOC[C@@H]1C. The fraction of sp³-hybridized carbons (Fsp3) is 1.00. The van der Waals surface area contributed by atoms with Crippen molar-refractivity contribution in [3.05, 3.63) is 0 Å². The van der Waals surface area contributed by atoms with Gasteiger partial charge in [0.25, 0.3) is 0 Å². The highest BCUT2D eigenvalue weighted by atomic mass is 16.5. The number of hydrogen-bond acceptors (Lipinski definition) is 3. The second-order valence-electron chi connectivity index (χ2n) is 3.40. The maximum Gasteiger partial charge on any atom is 0.0619 e. The zero-order valence-corrected chi connectivity index (χ0v) is 7.42. The normalized spacial score (nSPS) is 30.3. The van der Waals surface area contributed by atoms with E-state index in [1.807, 2.05) is 6.92 Å². The maximum atomic E-state index is 5.70. The lowest BCUT2D eigenvalue weighted by atomic mass is 10.2. The number of rotatable bonds is 2. The average molecular weight is 158 g/mol. The molecule has 2 atom stereocenters. The van der Waals surface area contributed by atoms with Gasteiger partial charge in [0.05, 0.1) is 13.2 Å². The summed E-state index contributed by atoms with van der Waals surface area (Å²) < 4.78 is 5.31. The van der Waals surface area contributed by atoms with E-state index in [0.29, 0.717) is 6.04 Å². The maximum absolute atomic E-state index is 5.70. The summed E-state index contributed by atoms with van der Waals surface area (Å²) in [5.74, 6) is 0. The van der Waals surface area contributed by atoms with Gasteiger partial charge >= 0.3 is 0 Å². The molecule has 0 aromatic carbocycles. The van der Waals surface area contributed by atoms with E-state index in [1.54, 1.807) is 0 Å². The Kier molecular flexibility index (Phi) is 3.30. The van der Waals surface area contributed by atoms with Gasteiger partial charge in [-0.15, -0.1) is 0 Å². The van der Waals surface area contributed by atoms with Crippen molar-refractivity contribution in [2.45, 2.75) is 25.9 Å². The summed E-state index contributed by atoms with van der Waals surface area (Å²) in [6.07, 6.45) is 0. The molecule has 2 N–H and O–H groups in total. The van der Waals surface area contributed by atoms with Crippen molar-refractivity contribution in [1.82, 2.24) is 4.90 Å². The van der Waals surface area contributed by atoms with E-state index in [1.165, 1.54) is 0 Å². The number of ether oxygens (including phenoxy) is 1. The summed E-state index contributed by atoms with van der Waals surface area (Å²) in [7, 11) is 0. The second kappa shape index (κ2) is 4.04. The minimum atomic E-state index is 0.274. The summed E-state index contributed by atoms with van der Waals surface area (Å²) in [6, 6.07) is 0.810. The molecule has 1 rings (SSSR count). The zero-order chi connectivity index (χ0) is 8.27. The van der Waals surface area contributed by atoms with E-state index in [0.717, 1.165) is 26.3 Å². The van der Waals surface area contributed by atoms with Crippen LogP contribution in [0.1, 0.15) is 13.8 Å². The van der Waals surface area contributed by atoms with Crippen molar-refractivity contribution in [2.75, 3.05) is 26.3 Å². The highest BCUT2D eigenvalue weighted by molar-refractivity contribution is 4.73. The molecule has 3 heteroatoms. The Morgan fingerprint density at radius 3 is 3.00 bits per heavy atom. The van der Waals surface area contributed by atoms with E-state index in [2.05, 4.69) is 11.8 Å². The first-order chi connectivity index (χ1) is 5.20. The molecule has 0 radical (unpaired) electrons. The van der Waals surface area contributed by atoms with Gasteiger partial charge in [-0.2, -0.15) is 0 Å². The van der Waals surface area contributed by atoms with Crippen LogP contribution in [0.25, 0.3) is 0 Å². The number of nitrogens with two attached hydrogens (primary N) is 1. The zero-order valence-electron chi connectivity index (χ0n) is 7.42. The molecule has 0 aliphatic carbocycles. The van der Waals surface area contributed by atoms with E-state index in [-0.39, 0.29) is 6.04 Å². The van der Waals surface area contributed by atoms with E-state index in [9.17, 15) is 0 Å². The quantitative estimate of drug-likeness (QED) is 0.617. The van der Waals surface area contributed by atoms with E-state index in [4.69, 9.17) is 10.5 Å². The van der Waals surface area contributed by atoms with Crippen molar-refractivity contribution < 1.29 is 4.74 Å². The molecular formula is C8H18N2O. The molecule has 0 aromatic heterocycles. The van der Waals surface area contributed by atoms with Crippen LogP contribution in [0.5, 0.6) is 0 Å². The van der Waals surface area contributed by atoms with Crippen LogP contribution in [0.3, 0.4) is 0 Å². The molecular weight excluding hydrogens is 140 g/mol. The van der Waals surface area contributed by atoms with Gasteiger partial charge in [-0.3, -0.25) is 4.90 Å². The summed E-state index contributed by atoms with van der Waals surface area (Å²) in [6.45, 7) is 7.96. The minimum Gasteiger partial charge on any atom is -0.379 e. The summed E-state index contributed by atoms with van der Waals surface area (Å²) >= 11 is 0. The van der Waals surface area contributed by atoms with Crippen molar-refractivity contribution >= 4 is 0 Å². The molecule has 0 aromatic rings. The summed E-state index contributed by atoms with van der Waals surface area (Å²) in [5.41, 5.74) is 5.70. The first kappa shape index (κ1) is 8.97. The standard InChI is InChI=1S/C8H18N2O/c1-7(9)5-10-3-4-11-6-8(10)2/h7-8H,3-6,9H2,1-2H3/t7-,8+/m1/s1. The lowest BCUT2D eigenvalue weighted by Crippen LogP contribution is -2.48. The van der Waals surface area contributed by atoms with Gasteiger partial charge in [-0.25, -0.2) is 0 Å². The molecule has 1 fully saturated rings. The van der Waals surface area contributed by atoms with Crippen molar-refractivity contribution in [3.8, 4) is 0 Å². The van der Waals surface area contributed by atoms with Crippen LogP contribution in [-0.2, 0) is 4.74 Å². The molecule has 1 heterocycles. The molecule has 0 bridgehead atoms. The van der Waals surface area contributed by atoms with E-state index < -0.39 is 0 Å². The molecule has 1 aliphatic heterocycles. The lowest BCUT2D eigenvalue weighted by molar-refractivity contribution is -0.00200. The van der Waals surface area contributed by atoms with Gasteiger partial charge in [0.2, 0.25) is 0 Å². The largest absolute Gasteiger partial charge is 0.379 e. The molecule has 1 aliphatic rings. The van der Waals surface area contributed by atoms with Crippen LogP contribution in [-0.4, -0.2) is 43.3 Å². The van der Waals surface area contributed by atoms with Crippen molar-refractivity contribution in [1.29, 1.82) is 0 Å². The number of nitrogens with zero attached hydrogens (tertiary/aromatic N) is 1. The third-order valence-electron chi connectivity index (χ3n) is 2.03. The average Bonchev–Trinajstić information content (AvgIpc) is 1.93. The Morgan fingerprint density at radius 2 is 2.45 bits per heavy atom. The number of morpholine rings is 1. The molecule has 11 heavy (non-hydrogen) atoms. The number of hydrogen-bond donors (Lipinski definition) is 1. The van der Waals surface area contributed by atoms with Crippen LogP contribution < -0.4 is 5.73 Å². The monoisotopic (exact) mass is 158 g/mol. The minimum absolute atomic E-state index is 0.274. The van der Waals surface area contributed by atoms with Crippen LogP contribution in [0.2, 0.25) is 0 Å². The predicted molar refractivity (Wildman–Crippen MR) is 45.5 cm³/mol. The summed E-state index contributed by atoms with van der Waals surface area (Å²) in [4.78, 5) is 2.38. The highest BCUT2D eigenvalue weighted by Crippen LogP contribution is 2.05. The van der Waals surface area contributed by atoms with Gasteiger partial charge in [0.15, 0.2) is 0 Å². The van der Waals surface area contributed by atoms with Gasteiger partial charge < -0.3 is 10.5 Å². The molecule has 0 spiro atoms. The van der Waals surface area contributed by atoms with Gasteiger partial charge in [-0.1, -0.05) is 0 Å². The molecule has 66 valence electrons. The first-order valence-corrected chi connectivity index (χ1v) is 4.27. The van der Waals surface area contributed by atoms with Gasteiger partial charge in [-0.05, 0) is 13.8 Å². The van der Waals surface area contributed by atoms with Crippen LogP contribution in [0.4, 0.5) is 0 Å². The molecule has 3 nitrogen and oxygen atoms in total. The Hall–Kier alpha value is -0.120. The Bertz CT molecular complexity index is 117. The van der Waals surface area contributed by atoms with Crippen molar-refractivity contribution in [3.63, 3.8) is 0 Å². The fourth-order valence-corrected chi connectivity index (χ4v) is 1.40. The highest BCUT2D eigenvalue weighted by Gasteiger charge is 2.18. The van der Waals surface area contributed by atoms with Crippen LogP contribution >= 0.6 is 0 Å². The topological polar surface area (TPSA) is 38.5 Å². The first-order valence-electron chi connectivity index (χ1n) is 4.27. The van der Waals surface area contributed by atoms with E-state index >= 15 is 0 Å². The predicted octanol–water partition coefficient (Wildman–Crippen LogP) is 0.0543. The van der Waals surface area contributed by atoms with Crippen LogP contribution in [0, 0.1) is 0 Å². The Labute approximate surface area is 68.5 Å². The van der Waals surface area contributed by atoms with Gasteiger partial charge in [0, 0.05) is 25.2 Å². The third kappa shape index (κ3) is 2.77. The fourth-order valence-electron chi connectivity index (χ4n) is 1.40. The molecule has 0 saturated carbocycles. The molecule has 0 unspecified atom stereocenters. The Balaban J connectivity index is 2.29. The lowest BCUT2D eigenvalue weighted by Gasteiger charge is -2.34. The van der Waals surface area contributed by atoms with Crippen LogP contribution in [0.15, 0.2) is 0 Å². The summed E-state index contributed by atoms with van der Waals surface area (Å²) in [5, 5.41) is 0. The molecule has 0 amide bonds. The second-order valence-corrected chi connectivity index (χ2v) is 3.40. The smallest absolute Gasteiger partial charge is 0.0619 e. The Morgan fingerprint density at radius 1 is 1.73 bits per heavy atom. The van der Waals surface area contributed by atoms with Crippen molar-refractivity contribution in [2.24, 2.45) is 5.73 Å².